The zero-order valence-electron chi connectivity index (χ0n) is 8.77. The van der Waals surface area contributed by atoms with Crippen molar-refractivity contribution in [2.24, 2.45) is 5.73 Å². The summed E-state index contributed by atoms with van der Waals surface area (Å²) in [5, 5.41) is 0. The SMILES string of the molecule is CCc1cccc(C(N)c2ncc[nH]2)c1. The molecule has 1 aromatic carbocycles. The van der Waals surface area contributed by atoms with Crippen LogP contribution >= 0.6 is 0 Å². The van der Waals surface area contributed by atoms with E-state index in [9.17, 15) is 0 Å². The average molecular weight is 201 g/mol. The average Bonchev–Trinajstić information content (AvgIpc) is 2.81. The summed E-state index contributed by atoms with van der Waals surface area (Å²) >= 11 is 0. The Labute approximate surface area is 89.4 Å². The molecule has 0 aliphatic heterocycles. The number of aryl methyl sites for hydroxylation is 1. The van der Waals surface area contributed by atoms with Gasteiger partial charge in [-0.3, -0.25) is 0 Å². The fraction of sp³-hybridized carbons (Fsp3) is 0.250. The number of nitrogens with one attached hydrogen (secondary N) is 1. The molecule has 3 nitrogen and oxygen atoms in total. The number of hydrogen-bond donors (Lipinski definition) is 2. The van der Waals surface area contributed by atoms with Gasteiger partial charge in [0, 0.05) is 12.4 Å². The summed E-state index contributed by atoms with van der Waals surface area (Å²) in [6.07, 6.45) is 4.54. The monoisotopic (exact) mass is 201 g/mol. The van der Waals surface area contributed by atoms with Crippen LogP contribution in [0.3, 0.4) is 0 Å². The summed E-state index contributed by atoms with van der Waals surface area (Å²) in [5.74, 6) is 0.809. The van der Waals surface area contributed by atoms with Gasteiger partial charge in [0.05, 0.1) is 6.04 Å². The van der Waals surface area contributed by atoms with E-state index in [2.05, 4.69) is 29.0 Å². The predicted octanol–water partition coefficient (Wildman–Crippen LogP) is 2.02. The summed E-state index contributed by atoms with van der Waals surface area (Å²) < 4.78 is 0. The quantitative estimate of drug-likeness (QED) is 0.798. The van der Waals surface area contributed by atoms with E-state index < -0.39 is 0 Å². The molecule has 0 aliphatic carbocycles. The third kappa shape index (κ3) is 2.07. The second-order valence-corrected chi connectivity index (χ2v) is 3.55. The highest BCUT2D eigenvalue weighted by atomic mass is 14.9. The van der Waals surface area contributed by atoms with Gasteiger partial charge in [0.2, 0.25) is 0 Å². The normalized spacial score (nSPS) is 12.7. The zero-order chi connectivity index (χ0) is 10.7. The van der Waals surface area contributed by atoms with Gasteiger partial charge in [0.1, 0.15) is 5.82 Å². The van der Waals surface area contributed by atoms with Crippen molar-refractivity contribution in [3.63, 3.8) is 0 Å². The number of H-pyrrole nitrogens is 1. The van der Waals surface area contributed by atoms with Crippen molar-refractivity contribution >= 4 is 0 Å². The lowest BCUT2D eigenvalue weighted by atomic mass is 10.0. The van der Waals surface area contributed by atoms with Gasteiger partial charge in [-0.25, -0.2) is 4.98 Å². The van der Waals surface area contributed by atoms with Gasteiger partial charge in [-0.2, -0.15) is 0 Å². The molecule has 0 bridgehead atoms. The summed E-state index contributed by atoms with van der Waals surface area (Å²) in [4.78, 5) is 7.20. The fourth-order valence-corrected chi connectivity index (χ4v) is 1.61. The van der Waals surface area contributed by atoms with Crippen LogP contribution in [0.25, 0.3) is 0 Å². The molecule has 3 N–H and O–H groups in total. The molecule has 2 rings (SSSR count). The molecule has 0 spiro atoms. The number of aromatic amines is 1. The Morgan fingerprint density at radius 2 is 2.33 bits per heavy atom. The second kappa shape index (κ2) is 4.28. The van der Waals surface area contributed by atoms with Crippen LogP contribution in [0.1, 0.15) is 29.9 Å². The van der Waals surface area contributed by atoms with Crippen molar-refractivity contribution in [3.8, 4) is 0 Å². The van der Waals surface area contributed by atoms with Gasteiger partial charge < -0.3 is 10.7 Å². The van der Waals surface area contributed by atoms with Crippen LogP contribution < -0.4 is 5.73 Å². The van der Waals surface area contributed by atoms with Crippen molar-refractivity contribution in [2.45, 2.75) is 19.4 Å². The van der Waals surface area contributed by atoms with E-state index in [-0.39, 0.29) is 6.04 Å². The number of benzene rings is 1. The lowest BCUT2D eigenvalue weighted by Crippen LogP contribution is -2.13. The Bertz CT molecular complexity index is 420. The van der Waals surface area contributed by atoms with Crippen LogP contribution in [0.4, 0.5) is 0 Å². The van der Waals surface area contributed by atoms with Crippen molar-refractivity contribution in [1.82, 2.24) is 9.97 Å². The minimum Gasteiger partial charge on any atom is -0.347 e. The number of aromatic nitrogens is 2. The summed E-state index contributed by atoms with van der Waals surface area (Å²) in [5.41, 5.74) is 8.49. The van der Waals surface area contributed by atoms with Crippen LogP contribution in [-0.4, -0.2) is 9.97 Å². The van der Waals surface area contributed by atoms with Crippen molar-refractivity contribution in [2.75, 3.05) is 0 Å². The lowest BCUT2D eigenvalue weighted by molar-refractivity contribution is 0.798. The Morgan fingerprint density at radius 1 is 1.47 bits per heavy atom. The second-order valence-electron chi connectivity index (χ2n) is 3.55. The van der Waals surface area contributed by atoms with E-state index in [1.807, 2.05) is 12.1 Å². The lowest BCUT2D eigenvalue weighted by Gasteiger charge is -2.10. The van der Waals surface area contributed by atoms with E-state index in [1.54, 1.807) is 12.4 Å². The van der Waals surface area contributed by atoms with E-state index in [4.69, 9.17) is 5.73 Å². The van der Waals surface area contributed by atoms with Crippen molar-refractivity contribution in [1.29, 1.82) is 0 Å². The molecule has 1 heterocycles. The number of nitrogens with zero attached hydrogens (tertiary/aromatic N) is 1. The molecule has 15 heavy (non-hydrogen) atoms. The third-order valence-corrected chi connectivity index (χ3v) is 2.53. The van der Waals surface area contributed by atoms with Gasteiger partial charge >= 0.3 is 0 Å². The first-order valence-electron chi connectivity index (χ1n) is 5.15. The fourth-order valence-electron chi connectivity index (χ4n) is 1.61. The van der Waals surface area contributed by atoms with E-state index in [0.717, 1.165) is 17.8 Å². The largest absolute Gasteiger partial charge is 0.347 e. The number of nitrogens with two attached hydrogens (primary N) is 1. The highest BCUT2D eigenvalue weighted by Crippen LogP contribution is 2.17. The maximum Gasteiger partial charge on any atom is 0.127 e. The van der Waals surface area contributed by atoms with Gasteiger partial charge in [-0.05, 0) is 17.5 Å². The van der Waals surface area contributed by atoms with Crippen molar-refractivity contribution in [3.05, 3.63) is 53.6 Å². The minimum atomic E-state index is -0.161. The molecule has 1 unspecified atom stereocenters. The molecule has 3 heteroatoms. The molecule has 0 saturated carbocycles. The first-order valence-corrected chi connectivity index (χ1v) is 5.15. The molecular weight excluding hydrogens is 186 g/mol. The number of rotatable bonds is 3. The first kappa shape index (κ1) is 9.93. The standard InChI is InChI=1S/C12H15N3/c1-2-9-4-3-5-10(8-9)11(13)12-14-6-7-15-12/h3-8,11H,2,13H2,1H3,(H,14,15). The molecule has 0 amide bonds. The van der Waals surface area contributed by atoms with Crippen LogP contribution in [0.2, 0.25) is 0 Å². The third-order valence-electron chi connectivity index (χ3n) is 2.53. The topological polar surface area (TPSA) is 54.7 Å². The highest BCUT2D eigenvalue weighted by Gasteiger charge is 2.10. The zero-order valence-corrected chi connectivity index (χ0v) is 8.77. The Balaban J connectivity index is 2.29. The van der Waals surface area contributed by atoms with E-state index in [0.29, 0.717) is 0 Å². The molecule has 2 aromatic rings. The minimum absolute atomic E-state index is 0.161. The Kier molecular flexibility index (Phi) is 2.83. The molecule has 1 aromatic heterocycles. The summed E-state index contributed by atoms with van der Waals surface area (Å²) in [6, 6.07) is 8.15. The van der Waals surface area contributed by atoms with Gasteiger partial charge in [-0.15, -0.1) is 0 Å². The predicted molar refractivity (Wildman–Crippen MR) is 60.4 cm³/mol. The van der Waals surface area contributed by atoms with Crippen LogP contribution in [-0.2, 0) is 6.42 Å². The number of hydrogen-bond acceptors (Lipinski definition) is 2. The van der Waals surface area contributed by atoms with Gasteiger partial charge in [-0.1, -0.05) is 31.2 Å². The maximum atomic E-state index is 6.09. The van der Waals surface area contributed by atoms with Crippen LogP contribution in [0, 0.1) is 0 Å². The first-order chi connectivity index (χ1) is 7.31. The summed E-state index contributed by atoms with van der Waals surface area (Å²) in [7, 11) is 0. The van der Waals surface area contributed by atoms with E-state index in [1.165, 1.54) is 5.56 Å². The van der Waals surface area contributed by atoms with Crippen LogP contribution in [0.15, 0.2) is 36.7 Å². The molecular formula is C12H15N3. The highest BCUT2D eigenvalue weighted by molar-refractivity contribution is 5.29. The van der Waals surface area contributed by atoms with Gasteiger partial charge in [0.15, 0.2) is 0 Å². The maximum absolute atomic E-state index is 6.09. The Morgan fingerprint density at radius 3 is 3.00 bits per heavy atom. The molecule has 0 radical (unpaired) electrons. The summed E-state index contributed by atoms with van der Waals surface area (Å²) in [6.45, 7) is 2.14. The van der Waals surface area contributed by atoms with E-state index >= 15 is 0 Å². The molecule has 0 saturated heterocycles. The molecule has 1 atom stereocenters. The molecule has 0 fully saturated rings. The molecule has 78 valence electrons. The van der Waals surface area contributed by atoms with Crippen molar-refractivity contribution < 1.29 is 0 Å². The Hall–Kier alpha value is -1.61. The number of imidazole rings is 1. The smallest absolute Gasteiger partial charge is 0.127 e. The van der Waals surface area contributed by atoms with Gasteiger partial charge in [0.25, 0.3) is 0 Å². The molecule has 0 aliphatic rings. The van der Waals surface area contributed by atoms with Crippen LogP contribution in [0.5, 0.6) is 0 Å².